The van der Waals surface area contributed by atoms with Gasteiger partial charge in [0.1, 0.15) is 11.6 Å². The summed E-state index contributed by atoms with van der Waals surface area (Å²) < 4.78 is 0. The number of nitrogens with zero attached hydrogens (tertiary/aromatic N) is 4. The third-order valence-electron chi connectivity index (χ3n) is 7.77. The largest absolute Gasteiger partial charge is 0.340 e. The van der Waals surface area contributed by atoms with Crippen LogP contribution < -0.4 is 10.6 Å². The Morgan fingerprint density at radius 2 is 1.84 bits per heavy atom. The molecule has 196 valence electrons. The minimum atomic E-state index is -1.20. The Kier molecular flexibility index (Phi) is 7.48. The van der Waals surface area contributed by atoms with Crippen molar-refractivity contribution < 1.29 is 9.59 Å². The van der Waals surface area contributed by atoms with E-state index in [1.165, 1.54) is 0 Å². The minimum Gasteiger partial charge on any atom is -0.340 e. The number of urea groups is 1. The van der Waals surface area contributed by atoms with Gasteiger partial charge in [0.2, 0.25) is 5.82 Å². The molecule has 8 nitrogen and oxygen atoms in total. The van der Waals surface area contributed by atoms with Gasteiger partial charge in [0.05, 0.1) is 11.2 Å². The number of amides is 3. The van der Waals surface area contributed by atoms with E-state index in [2.05, 4.69) is 20.6 Å². The third-order valence-corrected chi connectivity index (χ3v) is 8.00. The molecule has 0 spiro atoms. The predicted molar refractivity (Wildman–Crippen MR) is 145 cm³/mol. The highest BCUT2D eigenvalue weighted by molar-refractivity contribution is 6.30. The van der Waals surface area contributed by atoms with Crippen LogP contribution in [-0.4, -0.2) is 45.4 Å². The van der Waals surface area contributed by atoms with Crippen molar-refractivity contribution in [3.05, 3.63) is 76.9 Å². The summed E-state index contributed by atoms with van der Waals surface area (Å²) in [5, 5.41) is 16.2. The lowest BCUT2D eigenvalue weighted by Gasteiger charge is -2.40. The van der Waals surface area contributed by atoms with Crippen molar-refractivity contribution in [3.8, 4) is 6.07 Å². The van der Waals surface area contributed by atoms with E-state index in [9.17, 15) is 14.9 Å². The minimum absolute atomic E-state index is 0.0734. The monoisotopic (exact) mass is 530 g/mol. The molecule has 1 saturated heterocycles. The summed E-state index contributed by atoms with van der Waals surface area (Å²) in [6.07, 6.45) is 13.8. The smallest absolute Gasteiger partial charge is 0.316 e. The van der Waals surface area contributed by atoms with Crippen LogP contribution in [0.3, 0.4) is 0 Å². The topological polar surface area (TPSA) is 111 Å². The zero-order valence-corrected chi connectivity index (χ0v) is 22.0. The van der Waals surface area contributed by atoms with Gasteiger partial charge >= 0.3 is 6.03 Å². The van der Waals surface area contributed by atoms with Crippen LogP contribution in [0.4, 0.5) is 4.79 Å². The lowest BCUT2D eigenvalue weighted by molar-refractivity contribution is -0.135. The highest BCUT2D eigenvalue weighted by Gasteiger charge is 2.44. The maximum Gasteiger partial charge on any atom is 0.316 e. The Morgan fingerprint density at radius 1 is 1.05 bits per heavy atom. The normalized spacial score (nSPS) is 22.3. The number of rotatable bonds is 5. The molecule has 1 atom stereocenters. The Balaban J connectivity index is 1.42. The zero-order chi connectivity index (χ0) is 26.6. The molecule has 0 radical (unpaired) electrons. The number of likely N-dealkylation sites (tertiary alicyclic amines) is 1. The molecule has 9 heteroatoms. The summed E-state index contributed by atoms with van der Waals surface area (Å²) >= 11 is 6.20. The predicted octanol–water partition coefficient (Wildman–Crippen LogP) is 4.86. The number of carbonyl (C=O) groups is 2. The Bertz CT molecular complexity index is 1320. The Labute approximate surface area is 227 Å². The summed E-state index contributed by atoms with van der Waals surface area (Å²) in [4.78, 5) is 37.7. The van der Waals surface area contributed by atoms with Crippen LogP contribution in [0.5, 0.6) is 0 Å². The summed E-state index contributed by atoms with van der Waals surface area (Å²) in [5.41, 5.74) is 0.609. The maximum absolute atomic E-state index is 13.8. The fourth-order valence-electron chi connectivity index (χ4n) is 5.76. The molecule has 3 aliphatic rings. The number of hydrogen-bond donors (Lipinski definition) is 2. The van der Waals surface area contributed by atoms with Gasteiger partial charge in [-0.25, -0.2) is 14.8 Å². The van der Waals surface area contributed by atoms with Crippen LogP contribution >= 0.6 is 11.6 Å². The lowest BCUT2D eigenvalue weighted by atomic mass is 9.79. The number of halogens is 1. The summed E-state index contributed by atoms with van der Waals surface area (Å²) in [6, 6.07) is 10.9. The fraction of sp³-hybridized carbons (Fsp3) is 0.414. The first-order valence-corrected chi connectivity index (χ1v) is 13.6. The molecule has 5 rings (SSSR count). The Hall–Kier alpha value is -3.70. The van der Waals surface area contributed by atoms with Gasteiger partial charge in [0, 0.05) is 30.7 Å². The van der Waals surface area contributed by atoms with Gasteiger partial charge in [-0.1, -0.05) is 55.1 Å². The third kappa shape index (κ3) is 5.30. The summed E-state index contributed by atoms with van der Waals surface area (Å²) in [6.45, 7) is 1.37. The van der Waals surface area contributed by atoms with Crippen LogP contribution in [0.1, 0.15) is 68.4 Å². The van der Waals surface area contributed by atoms with Crippen LogP contribution in [0.2, 0.25) is 5.02 Å². The van der Waals surface area contributed by atoms with Gasteiger partial charge < -0.3 is 15.5 Å². The van der Waals surface area contributed by atoms with Gasteiger partial charge in [-0.2, -0.15) is 5.26 Å². The molecular weight excluding hydrogens is 500 g/mol. The number of nitrogens with one attached hydrogen (secondary N) is 2. The molecule has 1 unspecified atom stereocenters. The maximum atomic E-state index is 13.8. The zero-order valence-electron chi connectivity index (χ0n) is 21.3. The van der Waals surface area contributed by atoms with Crippen LogP contribution in [0, 0.1) is 11.3 Å². The first-order valence-electron chi connectivity index (χ1n) is 13.2. The molecule has 0 bridgehead atoms. The highest BCUT2D eigenvalue weighted by Crippen LogP contribution is 2.37. The van der Waals surface area contributed by atoms with Crippen molar-refractivity contribution in [2.75, 3.05) is 13.1 Å². The number of benzene rings is 1. The van der Waals surface area contributed by atoms with Crippen LogP contribution in [0.15, 0.2) is 54.8 Å². The number of nitriles is 1. The average Bonchev–Trinajstić information content (AvgIpc) is 3.48. The first kappa shape index (κ1) is 25.9. The number of allylic oxidation sites excluding steroid dienone is 2. The van der Waals surface area contributed by atoms with Gasteiger partial charge in [-0.05, 0) is 61.1 Å². The van der Waals surface area contributed by atoms with E-state index in [-0.39, 0.29) is 11.7 Å². The molecule has 38 heavy (non-hydrogen) atoms. The second-order valence-electron chi connectivity index (χ2n) is 10.3. The second kappa shape index (κ2) is 11.0. The molecule has 2 heterocycles. The van der Waals surface area contributed by atoms with Crippen molar-refractivity contribution in [1.82, 2.24) is 25.5 Å². The standard InChI is InChI=1S/C29H31ClN6O2/c30-23-8-6-7-22(19-23)21-9-14-29(15-10-21,26(37)36-17-4-5-18-36)35-27(38)34-28(12-2-1-3-13-28)24-11-16-32-25(20-31)33-24/h6-11,14,16,19H,1-5,12-13,15,17-18H2,(H2,34,35,38). The second-order valence-corrected chi connectivity index (χ2v) is 10.7. The van der Waals surface area contributed by atoms with E-state index >= 15 is 0 Å². The van der Waals surface area contributed by atoms with E-state index in [0.29, 0.717) is 43.1 Å². The van der Waals surface area contributed by atoms with Crippen LogP contribution in [-0.2, 0) is 10.3 Å². The SMILES string of the molecule is N#Cc1nccc(C2(NC(=O)NC3(C(=O)N4CCCC4)C=CC(c4cccc(Cl)c4)=CC3)CCCCC2)n1. The van der Waals surface area contributed by atoms with Crippen molar-refractivity contribution in [2.24, 2.45) is 0 Å². The fourth-order valence-corrected chi connectivity index (χ4v) is 5.95. The molecule has 1 aromatic heterocycles. The quantitative estimate of drug-likeness (QED) is 0.573. The molecule has 1 aliphatic heterocycles. The summed E-state index contributed by atoms with van der Waals surface area (Å²) in [5.74, 6) is -0.0291. The number of hydrogen-bond acceptors (Lipinski definition) is 5. The number of aromatic nitrogens is 2. The highest BCUT2D eigenvalue weighted by atomic mass is 35.5. The molecule has 2 N–H and O–H groups in total. The first-order chi connectivity index (χ1) is 18.4. The van der Waals surface area contributed by atoms with Crippen LogP contribution in [0.25, 0.3) is 5.57 Å². The van der Waals surface area contributed by atoms with Gasteiger partial charge in [-0.15, -0.1) is 0 Å². The molecule has 2 fully saturated rings. The van der Waals surface area contributed by atoms with E-state index in [1.54, 1.807) is 12.3 Å². The summed E-state index contributed by atoms with van der Waals surface area (Å²) in [7, 11) is 0. The molecule has 1 saturated carbocycles. The van der Waals surface area contributed by atoms with Gasteiger partial charge in [-0.3, -0.25) is 4.79 Å². The van der Waals surface area contributed by atoms with Crippen molar-refractivity contribution in [1.29, 1.82) is 5.26 Å². The van der Waals surface area contributed by atoms with Crippen molar-refractivity contribution in [2.45, 2.75) is 62.4 Å². The van der Waals surface area contributed by atoms with Crippen molar-refractivity contribution >= 4 is 29.1 Å². The van der Waals surface area contributed by atoms with E-state index in [1.807, 2.05) is 53.5 Å². The number of carbonyl (C=O) groups excluding carboxylic acids is 2. The van der Waals surface area contributed by atoms with Gasteiger partial charge in [0.25, 0.3) is 5.91 Å². The van der Waals surface area contributed by atoms with E-state index in [0.717, 1.165) is 43.2 Å². The molecular formula is C29H31ClN6O2. The molecule has 1 aromatic carbocycles. The molecule has 2 aromatic rings. The lowest BCUT2D eigenvalue weighted by Crippen LogP contribution is -2.62. The van der Waals surface area contributed by atoms with Gasteiger partial charge in [0.15, 0.2) is 0 Å². The molecule has 3 amide bonds. The molecule has 2 aliphatic carbocycles. The average molecular weight is 531 g/mol. The Morgan fingerprint density at radius 3 is 2.53 bits per heavy atom. The van der Waals surface area contributed by atoms with Crippen molar-refractivity contribution in [3.63, 3.8) is 0 Å². The van der Waals surface area contributed by atoms with E-state index < -0.39 is 17.1 Å². The van der Waals surface area contributed by atoms with E-state index in [4.69, 9.17) is 11.6 Å².